The van der Waals surface area contributed by atoms with Crippen molar-refractivity contribution in [3.8, 4) is 0 Å². The SMILES string of the molecule is CCn1c(C)cc(C(=O)COC(=O)CNS(=O)(=O)c2ccccc2)c1C. The van der Waals surface area contributed by atoms with Gasteiger partial charge in [-0.3, -0.25) is 9.59 Å². The van der Waals surface area contributed by atoms with Crippen LogP contribution in [0.4, 0.5) is 0 Å². The molecule has 7 nitrogen and oxygen atoms in total. The first-order chi connectivity index (χ1) is 12.3. The summed E-state index contributed by atoms with van der Waals surface area (Å²) in [5.41, 5.74) is 2.27. The van der Waals surface area contributed by atoms with E-state index in [-0.39, 0.29) is 10.7 Å². The van der Waals surface area contributed by atoms with Crippen molar-refractivity contribution in [2.75, 3.05) is 13.2 Å². The number of aryl methyl sites for hydroxylation is 1. The molecule has 0 atom stereocenters. The number of aromatic nitrogens is 1. The molecule has 2 aromatic rings. The van der Waals surface area contributed by atoms with E-state index in [2.05, 4.69) is 4.72 Å². The fraction of sp³-hybridized carbons (Fsp3) is 0.333. The van der Waals surface area contributed by atoms with Crippen LogP contribution >= 0.6 is 0 Å². The maximum Gasteiger partial charge on any atom is 0.321 e. The number of carbonyl (C=O) groups is 2. The Morgan fingerprint density at radius 2 is 1.81 bits per heavy atom. The smallest absolute Gasteiger partial charge is 0.321 e. The Labute approximate surface area is 153 Å². The molecule has 0 aliphatic heterocycles. The Balaban J connectivity index is 1.90. The van der Waals surface area contributed by atoms with Crippen molar-refractivity contribution in [2.24, 2.45) is 0 Å². The highest BCUT2D eigenvalue weighted by Crippen LogP contribution is 2.15. The van der Waals surface area contributed by atoms with Gasteiger partial charge in [-0.1, -0.05) is 18.2 Å². The minimum atomic E-state index is -3.80. The van der Waals surface area contributed by atoms with Crippen LogP contribution in [-0.4, -0.2) is 37.9 Å². The van der Waals surface area contributed by atoms with Crippen LogP contribution < -0.4 is 4.72 Å². The molecule has 1 N–H and O–H groups in total. The fourth-order valence-electron chi connectivity index (χ4n) is 2.68. The van der Waals surface area contributed by atoms with Gasteiger partial charge in [-0.2, -0.15) is 4.72 Å². The molecule has 0 spiro atoms. The monoisotopic (exact) mass is 378 g/mol. The van der Waals surface area contributed by atoms with E-state index in [0.29, 0.717) is 5.56 Å². The number of benzene rings is 1. The van der Waals surface area contributed by atoms with Crippen LogP contribution in [0.15, 0.2) is 41.3 Å². The number of ketones is 1. The van der Waals surface area contributed by atoms with Gasteiger partial charge in [-0.15, -0.1) is 0 Å². The summed E-state index contributed by atoms with van der Waals surface area (Å²) >= 11 is 0. The normalized spacial score (nSPS) is 11.3. The summed E-state index contributed by atoms with van der Waals surface area (Å²) in [4.78, 5) is 24.1. The van der Waals surface area contributed by atoms with Crippen molar-refractivity contribution in [1.29, 1.82) is 0 Å². The quantitative estimate of drug-likeness (QED) is 0.559. The van der Waals surface area contributed by atoms with Gasteiger partial charge in [0.25, 0.3) is 0 Å². The fourth-order valence-corrected chi connectivity index (χ4v) is 3.67. The first kappa shape index (κ1) is 19.9. The number of carbonyl (C=O) groups excluding carboxylic acids is 2. The van der Waals surface area contributed by atoms with E-state index in [9.17, 15) is 18.0 Å². The predicted octanol–water partition coefficient (Wildman–Crippen LogP) is 1.83. The van der Waals surface area contributed by atoms with Crippen LogP contribution in [0.2, 0.25) is 0 Å². The number of rotatable bonds is 8. The Morgan fingerprint density at radius 1 is 1.15 bits per heavy atom. The molecule has 26 heavy (non-hydrogen) atoms. The Morgan fingerprint density at radius 3 is 2.38 bits per heavy atom. The summed E-state index contributed by atoms with van der Waals surface area (Å²) < 4.78 is 33.1. The van der Waals surface area contributed by atoms with Gasteiger partial charge in [0.05, 0.1) is 4.90 Å². The Bertz CT molecular complexity index is 901. The van der Waals surface area contributed by atoms with Gasteiger partial charge in [0.2, 0.25) is 15.8 Å². The van der Waals surface area contributed by atoms with Crippen molar-refractivity contribution in [2.45, 2.75) is 32.2 Å². The van der Waals surface area contributed by atoms with Crippen LogP contribution in [0.3, 0.4) is 0 Å². The minimum Gasteiger partial charge on any atom is -0.456 e. The van der Waals surface area contributed by atoms with Crippen molar-refractivity contribution in [3.63, 3.8) is 0 Å². The van der Waals surface area contributed by atoms with Gasteiger partial charge in [-0.05, 0) is 39.0 Å². The topological polar surface area (TPSA) is 94.5 Å². The summed E-state index contributed by atoms with van der Waals surface area (Å²) in [6.07, 6.45) is 0. The highest BCUT2D eigenvalue weighted by atomic mass is 32.2. The predicted molar refractivity (Wildman–Crippen MR) is 96.5 cm³/mol. The second kappa shape index (κ2) is 8.29. The molecule has 0 aliphatic rings. The van der Waals surface area contributed by atoms with Crippen molar-refractivity contribution in [3.05, 3.63) is 53.3 Å². The molecular formula is C18H22N2O5S. The number of hydrogen-bond donors (Lipinski definition) is 1. The lowest BCUT2D eigenvalue weighted by atomic mass is 10.1. The minimum absolute atomic E-state index is 0.0517. The lowest BCUT2D eigenvalue weighted by Crippen LogP contribution is -2.31. The van der Waals surface area contributed by atoms with Gasteiger partial charge in [0.15, 0.2) is 6.61 Å². The van der Waals surface area contributed by atoms with Gasteiger partial charge in [-0.25, -0.2) is 8.42 Å². The maximum absolute atomic E-state index is 12.2. The van der Waals surface area contributed by atoms with E-state index >= 15 is 0 Å². The largest absolute Gasteiger partial charge is 0.456 e. The average Bonchev–Trinajstić information content (AvgIpc) is 2.92. The second-order valence-corrected chi connectivity index (χ2v) is 7.52. The summed E-state index contributed by atoms with van der Waals surface area (Å²) in [5, 5.41) is 0. The van der Waals surface area contributed by atoms with Crippen molar-refractivity contribution >= 4 is 21.8 Å². The van der Waals surface area contributed by atoms with Crippen molar-refractivity contribution < 1.29 is 22.7 Å². The van der Waals surface area contributed by atoms with Gasteiger partial charge >= 0.3 is 5.97 Å². The zero-order valence-corrected chi connectivity index (χ0v) is 15.8. The number of nitrogens with one attached hydrogen (secondary N) is 1. The van der Waals surface area contributed by atoms with Crippen LogP contribution in [0, 0.1) is 13.8 Å². The molecular weight excluding hydrogens is 356 g/mol. The van der Waals surface area contributed by atoms with Gasteiger partial charge in [0.1, 0.15) is 6.54 Å². The van der Waals surface area contributed by atoms with Crippen LogP contribution in [0.1, 0.15) is 28.7 Å². The third-order valence-corrected chi connectivity index (χ3v) is 5.43. The lowest BCUT2D eigenvalue weighted by molar-refractivity contribution is -0.141. The van der Waals surface area contributed by atoms with Crippen LogP contribution in [0.5, 0.6) is 0 Å². The molecule has 0 amide bonds. The maximum atomic E-state index is 12.2. The number of hydrogen-bond acceptors (Lipinski definition) is 5. The van der Waals surface area contributed by atoms with E-state index in [1.807, 2.05) is 25.3 Å². The molecule has 1 heterocycles. The Kier molecular flexibility index (Phi) is 6.33. The molecule has 0 saturated carbocycles. The molecule has 140 valence electrons. The molecule has 0 unspecified atom stereocenters. The number of sulfonamides is 1. The molecule has 1 aromatic heterocycles. The summed E-state index contributed by atoms with van der Waals surface area (Å²) in [6, 6.07) is 9.44. The molecule has 1 aromatic carbocycles. The molecule has 0 aliphatic carbocycles. The standard InChI is InChI=1S/C18H22N2O5S/c1-4-20-13(2)10-16(14(20)3)17(21)12-25-18(22)11-19-26(23,24)15-8-6-5-7-9-15/h5-10,19H,4,11-12H2,1-3H3. The number of esters is 1. The van der Waals surface area contributed by atoms with Gasteiger partial charge in [0, 0.05) is 23.5 Å². The van der Waals surface area contributed by atoms with E-state index in [4.69, 9.17) is 4.74 Å². The molecule has 2 rings (SSSR count). The zero-order chi connectivity index (χ0) is 19.3. The van der Waals surface area contributed by atoms with E-state index in [1.54, 1.807) is 24.3 Å². The molecule has 0 bridgehead atoms. The highest BCUT2D eigenvalue weighted by molar-refractivity contribution is 7.89. The summed E-state index contributed by atoms with van der Waals surface area (Å²) in [5.74, 6) is -1.14. The molecule has 0 saturated heterocycles. The van der Waals surface area contributed by atoms with Crippen LogP contribution in [0.25, 0.3) is 0 Å². The van der Waals surface area contributed by atoms with Crippen LogP contribution in [-0.2, 0) is 26.1 Å². The lowest BCUT2D eigenvalue weighted by Gasteiger charge is -2.08. The summed E-state index contributed by atoms with van der Waals surface area (Å²) in [6.45, 7) is 5.48. The Hall–Kier alpha value is -2.45. The molecule has 0 radical (unpaired) electrons. The second-order valence-electron chi connectivity index (χ2n) is 5.75. The zero-order valence-electron chi connectivity index (χ0n) is 15.0. The van der Waals surface area contributed by atoms with E-state index in [1.165, 1.54) is 12.1 Å². The third kappa shape index (κ3) is 4.59. The number of nitrogens with zero attached hydrogens (tertiary/aromatic N) is 1. The molecule has 8 heteroatoms. The van der Waals surface area contributed by atoms with Crippen molar-refractivity contribution in [1.82, 2.24) is 9.29 Å². The number of ether oxygens (including phenoxy) is 1. The number of Topliss-reactive ketones (excluding diaryl/α,β-unsaturated/α-hetero) is 1. The third-order valence-electron chi connectivity index (χ3n) is 4.01. The average molecular weight is 378 g/mol. The summed E-state index contributed by atoms with van der Waals surface area (Å²) in [7, 11) is -3.80. The highest BCUT2D eigenvalue weighted by Gasteiger charge is 2.18. The van der Waals surface area contributed by atoms with Gasteiger partial charge < -0.3 is 9.30 Å². The molecule has 0 fully saturated rings. The van der Waals surface area contributed by atoms with E-state index in [0.717, 1.165) is 17.9 Å². The first-order valence-electron chi connectivity index (χ1n) is 8.16. The first-order valence-corrected chi connectivity index (χ1v) is 9.65. The van der Waals surface area contributed by atoms with E-state index < -0.39 is 29.1 Å².